The molecule has 1 fully saturated rings. The minimum absolute atomic E-state index is 0.00514. The summed E-state index contributed by atoms with van der Waals surface area (Å²) in [5.41, 5.74) is 1.27. The number of carbonyl (C=O) groups is 3. The van der Waals surface area contributed by atoms with Crippen LogP contribution in [0.2, 0.25) is 0 Å². The second kappa shape index (κ2) is 9.93. The van der Waals surface area contributed by atoms with Crippen LogP contribution in [0.5, 0.6) is 17.2 Å². The molecule has 0 spiro atoms. The highest BCUT2D eigenvalue weighted by Gasteiger charge is 2.47. The van der Waals surface area contributed by atoms with E-state index in [0.717, 1.165) is 0 Å². The van der Waals surface area contributed by atoms with Crippen LogP contribution >= 0.6 is 0 Å². The summed E-state index contributed by atoms with van der Waals surface area (Å²) in [5.74, 6) is -1.68. The number of phenolic OH excluding ortho intramolecular Hbond substituents is 1. The van der Waals surface area contributed by atoms with Gasteiger partial charge < -0.3 is 24.4 Å². The predicted octanol–water partition coefficient (Wildman–Crippen LogP) is 4.35. The van der Waals surface area contributed by atoms with E-state index in [-0.39, 0.29) is 34.3 Å². The van der Waals surface area contributed by atoms with Gasteiger partial charge in [-0.2, -0.15) is 0 Å². The number of aliphatic hydroxyl groups excluding tert-OH is 1. The zero-order valence-electron chi connectivity index (χ0n) is 20.7. The molecule has 0 saturated carbocycles. The number of hydrogen-bond donors (Lipinski definition) is 2. The third kappa shape index (κ3) is 4.54. The first-order chi connectivity index (χ1) is 18.2. The molecule has 0 aliphatic carbocycles. The van der Waals surface area contributed by atoms with Crippen molar-refractivity contribution in [3.8, 4) is 17.2 Å². The van der Waals surface area contributed by atoms with E-state index in [9.17, 15) is 24.6 Å². The lowest BCUT2D eigenvalue weighted by Crippen LogP contribution is -2.29. The highest BCUT2D eigenvalue weighted by Crippen LogP contribution is 2.43. The number of carbonyl (C=O) groups excluding carboxylic acids is 3. The standard InChI is InChI=1S/C29H25NO8/c1-16(2)38-29(35)18-3-8-20(9-4-18)30-25(17-5-10-21(31)11-6-17)24(27(33)28(30)34)26(32)19-7-12-22-23(15-19)37-14-13-36-22/h3-12,15-16,25,31-32H,13-14H2,1-2H3/b26-24-. The van der Waals surface area contributed by atoms with E-state index in [1.165, 1.54) is 29.2 Å². The van der Waals surface area contributed by atoms with Crippen LogP contribution in [0, 0.1) is 0 Å². The molecule has 2 heterocycles. The van der Waals surface area contributed by atoms with E-state index in [1.54, 1.807) is 56.3 Å². The van der Waals surface area contributed by atoms with Crippen molar-refractivity contribution in [1.29, 1.82) is 0 Å². The van der Waals surface area contributed by atoms with E-state index in [4.69, 9.17) is 14.2 Å². The maximum Gasteiger partial charge on any atom is 0.338 e. The molecule has 1 saturated heterocycles. The van der Waals surface area contributed by atoms with Gasteiger partial charge in [0.2, 0.25) is 0 Å². The van der Waals surface area contributed by atoms with Crippen molar-refractivity contribution in [3.63, 3.8) is 0 Å². The topological polar surface area (TPSA) is 123 Å². The number of nitrogens with zero attached hydrogens (tertiary/aromatic N) is 1. The maximum atomic E-state index is 13.4. The van der Waals surface area contributed by atoms with Crippen LogP contribution in [0.3, 0.4) is 0 Å². The molecule has 0 aromatic heterocycles. The lowest BCUT2D eigenvalue weighted by Gasteiger charge is -2.26. The minimum atomic E-state index is -1.00. The fourth-order valence-electron chi connectivity index (χ4n) is 4.46. The maximum absolute atomic E-state index is 13.4. The lowest BCUT2D eigenvalue weighted by atomic mass is 9.95. The molecule has 1 atom stereocenters. The van der Waals surface area contributed by atoms with Gasteiger partial charge >= 0.3 is 5.97 Å². The summed E-state index contributed by atoms with van der Waals surface area (Å²) in [5, 5.41) is 21.2. The molecule has 5 rings (SSSR count). The van der Waals surface area contributed by atoms with Crippen molar-refractivity contribution in [3.05, 3.63) is 89.0 Å². The Morgan fingerprint density at radius 2 is 1.55 bits per heavy atom. The van der Waals surface area contributed by atoms with Gasteiger partial charge in [0.25, 0.3) is 11.7 Å². The summed E-state index contributed by atoms with van der Waals surface area (Å²) in [6.45, 7) is 4.23. The Morgan fingerprint density at radius 3 is 2.21 bits per heavy atom. The van der Waals surface area contributed by atoms with Gasteiger partial charge in [0.05, 0.1) is 23.3 Å². The number of benzene rings is 3. The molecule has 9 heteroatoms. The van der Waals surface area contributed by atoms with Gasteiger partial charge in [0.15, 0.2) is 11.5 Å². The summed E-state index contributed by atoms with van der Waals surface area (Å²) < 4.78 is 16.4. The monoisotopic (exact) mass is 515 g/mol. The first kappa shape index (κ1) is 24.9. The Bertz CT molecular complexity index is 1440. The molecule has 3 aromatic carbocycles. The summed E-state index contributed by atoms with van der Waals surface area (Å²) in [6.07, 6.45) is -0.296. The van der Waals surface area contributed by atoms with Crippen molar-refractivity contribution in [2.24, 2.45) is 0 Å². The Labute approximate surface area is 218 Å². The second-order valence-electron chi connectivity index (χ2n) is 9.12. The third-order valence-corrected chi connectivity index (χ3v) is 6.19. The smallest absolute Gasteiger partial charge is 0.338 e. The largest absolute Gasteiger partial charge is 0.508 e. The quantitative estimate of drug-likeness (QED) is 0.223. The summed E-state index contributed by atoms with van der Waals surface area (Å²) in [6, 6.07) is 15.9. The average Bonchev–Trinajstić information content (AvgIpc) is 3.18. The lowest BCUT2D eigenvalue weighted by molar-refractivity contribution is -0.132. The van der Waals surface area contributed by atoms with Gasteiger partial charge in [-0.05, 0) is 74.0 Å². The molecule has 194 valence electrons. The number of Topliss-reactive ketones (excluding diaryl/α,β-unsaturated/α-hetero) is 1. The van der Waals surface area contributed by atoms with Crippen LogP contribution in [0.4, 0.5) is 5.69 Å². The number of rotatable bonds is 5. The van der Waals surface area contributed by atoms with Crippen LogP contribution < -0.4 is 14.4 Å². The van der Waals surface area contributed by atoms with E-state index in [0.29, 0.717) is 36.0 Å². The molecule has 1 unspecified atom stereocenters. The van der Waals surface area contributed by atoms with E-state index < -0.39 is 23.7 Å². The minimum Gasteiger partial charge on any atom is -0.508 e. The fraction of sp³-hybridized carbons (Fsp3) is 0.207. The van der Waals surface area contributed by atoms with Crippen molar-refractivity contribution in [1.82, 2.24) is 0 Å². The highest BCUT2D eigenvalue weighted by molar-refractivity contribution is 6.51. The summed E-state index contributed by atoms with van der Waals surface area (Å²) in [7, 11) is 0. The number of ether oxygens (including phenoxy) is 3. The number of aliphatic hydroxyl groups is 1. The van der Waals surface area contributed by atoms with E-state index in [2.05, 4.69) is 0 Å². The molecule has 2 aliphatic heterocycles. The van der Waals surface area contributed by atoms with Gasteiger partial charge in [0, 0.05) is 11.3 Å². The van der Waals surface area contributed by atoms with E-state index >= 15 is 0 Å². The number of hydrogen-bond acceptors (Lipinski definition) is 8. The molecule has 3 aromatic rings. The van der Waals surface area contributed by atoms with Crippen LogP contribution in [-0.4, -0.2) is 47.2 Å². The number of ketones is 1. The van der Waals surface area contributed by atoms with Crippen LogP contribution in [0.1, 0.15) is 41.4 Å². The second-order valence-corrected chi connectivity index (χ2v) is 9.12. The fourth-order valence-corrected chi connectivity index (χ4v) is 4.46. The van der Waals surface area contributed by atoms with Gasteiger partial charge in [-0.25, -0.2) is 4.79 Å². The van der Waals surface area contributed by atoms with E-state index in [1.807, 2.05) is 0 Å². The number of amides is 1. The Morgan fingerprint density at radius 1 is 0.921 bits per heavy atom. The van der Waals surface area contributed by atoms with Crippen LogP contribution in [-0.2, 0) is 14.3 Å². The molecule has 0 radical (unpaired) electrons. The van der Waals surface area contributed by atoms with Gasteiger partial charge in [-0.15, -0.1) is 0 Å². The molecule has 9 nitrogen and oxygen atoms in total. The third-order valence-electron chi connectivity index (χ3n) is 6.19. The highest BCUT2D eigenvalue weighted by atomic mass is 16.6. The summed E-state index contributed by atoms with van der Waals surface area (Å²) in [4.78, 5) is 40.2. The number of phenols is 1. The first-order valence-corrected chi connectivity index (χ1v) is 12.1. The van der Waals surface area contributed by atoms with Crippen LogP contribution in [0.25, 0.3) is 5.76 Å². The molecule has 38 heavy (non-hydrogen) atoms. The average molecular weight is 516 g/mol. The molecule has 0 bridgehead atoms. The molecular formula is C29H25NO8. The Kier molecular flexibility index (Phi) is 6.50. The van der Waals surface area contributed by atoms with Gasteiger partial charge in [-0.1, -0.05) is 12.1 Å². The Hall–Kier alpha value is -4.79. The van der Waals surface area contributed by atoms with Crippen molar-refractivity contribution < 1.29 is 38.8 Å². The zero-order valence-corrected chi connectivity index (χ0v) is 20.7. The van der Waals surface area contributed by atoms with Crippen molar-refractivity contribution in [2.75, 3.05) is 18.1 Å². The Balaban J connectivity index is 1.61. The molecule has 1 amide bonds. The molecule has 2 aliphatic rings. The SMILES string of the molecule is CC(C)OC(=O)c1ccc(N2C(=O)C(=O)/C(=C(\O)c3ccc4c(c3)OCCO4)C2c2ccc(O)cc2)cc1. The first-order valence-electron chi connectivity index (χ1n) is 12.1. The van der Waals surface area contributed by atoms with Gasteiger partial charge in [0.1, 0.15) is 24.7 Å². The number of fused-ring (bicyclic) bond motifs is 1. The zero-order chi connectivity index (χ0) is 27.0. The summed E-state index contributed by atoms with van der Waals surface area (Å²) >= 11 is 0. The molecular weight excluding hydrogens is 490 g/mol. The predicted molar refractivity (Wildman–Crippen MR) is 137 cm³/mol. The van der Waals surface area contributed by atoms with Gasteiger partial charge in [-0.3, -0.25) is 14.5 Å². The van der Waals surface area contributed by atoms with Crippen molar-refractivity contribution >= 4 is 29.1 Å². The molecule has 2 N–H and O–H groups in total. The number of aromatic hydroxyl groups is 1. The van der Waals surface area contributed by atoms with Crippen molar-refractivity contribution in [2.45, 2.75) is 26.0 Å². The van der Waals surface area contributed by atoms with Crippen LogP contribution in [0.15, 0.2) is 72.3 Å². The number of anilines is 1. The number of esters is 1. The normalized spacial score (nSPS) is 18.1.